The van der Waals surface area contributed by atoms with Crippen molar-refractivity contribution >= 4 is 12.1 Å². The fourth-order valence-electron chi connectivity index (χ4n) is 3.88. The normalized spacial score (nSPS) is 12.9. The Morgan fingerprint density at radius 2 is 1.74 bits per heavy atom. The van der Waals surface area contributed by atoms with Crippen molar-refractivity contribution in [1.29, 1.82) is 5.26 Å². The van der Waals surface area contributed by atoms with Crippen LogP contribution in [0, 0.1) is 11.3 Å². The SMILES string of the molecule is N#Cc1cncc(CC(NC(=O)OCC2c3ccccc3-c3ccccc32)C(=O)O)c1. The number of hydrogen-bond donors (Lipinski definition) is 2. The number of carbonyl (C=O) groups excluding carboxylic acids is 1. The summed E-state index contributed by atoms with van der Waals surface area (Å²) in [7, 11) is 0. The number of carbonyl (C=O) groups is 2. The molecule has 31 heavy (non-hydrogen) atoms. The molecule has 0 bridgehead atoms. The van der Waals surface area contributed by atoms with Gasteiger partial charge in [0.2, 0.25) is 0 Å². The first kappa shape index (κ1) is 20.1. The highest BCUT2D eigenvalue weighted by Crippen LogP contribution is 2.44. The van der Waals surface area contributed by atoms with Crippen molar-refractivity contribution in [3.8, 4) is 17.2 Å². The summed E-state index contributed by atoms with van der Waals surface area (Å²) in [4.78, 5) is 27.9. The quantitative estimate of drug-likeness (QED) is 0.640. The predicted molar refractivity (Wildman–Crippen MR) is 112 cm³/mol. The lowest BCUT2D eigenvalue weighted by atomic mass is 9.98. The van der Waals surface area contributed by atoms with E-state index in [4.69, 9.17) is 10.00 Å². The number of nitriles is 1. The summed E-state index contributed by atoms with van der Waals surface area (Å²) in [6.07, 6.45) is 2.04. The number of carboxylic acid groups (broad SMARTS) is 1. The molecule has 2 aromatic carbocycles. The second-order valence-electron chi connectivity index (χ2n) is 7.26. The highest BCUT2D eigenvalue weighted by molar-refractivity contribution is 5.81. The largest absolute Gasteiger partial charge is 0.480 e. The summed E-state index contributed by atoms with van der Waals surface area (Å²) >= 11 is 0. The molecule has 0 saturated carbocycles. The van der Waals surface area contributed by atoms with Crippen LogP contribution < -0.4 is 5.32 Å². The minimum Gasteiger partial charge on any atom is -0.480 e. The van der Waals surface area contributed by atoms with E-state index in [9.17, 15) is 14.7 Å². The number of pyridine rings is 1. The zero-order valence-electron chi connectivity index (χ0n) is 16.5. The second-order valence-corrected chi connectivity index (χ2v) is 7.26. The molecule has 0 saturated heterocycles. The van der Waals surface area contributed by atoms with Crippen LogP contribution in [-0.4, -0.2) is 34.8 Å². The molecule has 1 aromatic heterocycles. The summed E-state index contributed by atoms with van der Waals surface area (Å²) in [5.41, 5.74) is 5.23. The highest BCUT2D eigenvalue weighted by atomic mass is 16.5. The van der Waals surface area contributed by atoms with Crippen molar-refractivity contribution in [2.45, 2.75) is 18.4 Å². The second kappa shape index (κ2) is 8.67. The van der Waals surface area contributed by atoms with Crippen LogP contribution in [0.4, 0.5) is 4.79 Å². The van der Waals surface area contributed by atoms with E-state index in [0.717, 1.165) is 22.3 Å². The Morgan fingerprint density at radius 3 is 2.35 bits per heavy atom. The molecular weight excluding hydrogens is 394 g/mol. The van der Waals surface area contributed by atoms with Crippen LogP contribution >= 0.6 is 0 Å². The van der Waals surface area contributed by atoms with E-state index < -0.39 is 18.1 Å². The Balaban J connectivity index is 1.43. The van der Waals surface area contributed by atoms with Crippen LogP contribution in [0.25, 0.3) is 11.1 Å². The molecule has 0 radical (unpaired) electrons. The maximum absolute atomic E-state index is 12.4. The monoisotopic (exact) mass is 413 g/mol. The Hall–Kier alpha value is -4.18. The molecule has 7 heteroatoms. The predicted octanol–water partition coefficient (Wildman–Crippen LogP) is 3.49. The number of alkyl carbamates (subject to hydrolysis) is 1. The number of hydrogen-bond acceptors (Lipinski definition) is 5. The van der Waals surface area contributed by atoms with Crippen LogP contribution in [-0.2, 0) is 16.0 Å². The van der Waals surface area contributed by atoms with Gasteiger partial charge in [-0.05, 0) is 33.9 Å². The minimum absolute atomic E-state index is 0.0119. The number of rotatable bonds is 6. The number of nitrogens with one attached hydrogen (secondary N) is 1. The number of aliphatic carboxylic acids is 1. The summed E-state index contributed by atoms with van der Waals surface area (Å²) in [5, 5.41) is 20.9. The smallest absolute Gasteiger partial charge is 0.407 e. The summed E-state index contributed by atoms with van der Waals surface area (Å²) in [5.74, 6) is -1.31. The fourth-order valence-corrected chi connectivity index (χ4v) is 3.88. The van der Waals surface area contributed by atoms with Crippen LogP contribution in [0.2, 0.25) is 0 Å². The third kappa shape index (κ3) is 4.23. The molecule has 1 heterocycles. The van der Waals surface area contributed by atoms with Crippen molar-refractivity contribution in [3.05, 3.63) is 89.2 Å². The van der Waals surface area contributed by atoms with E-state index >= 15 is 0 Å². The van der Waals surface area contributed by atoms with Crippen molar-refractivity contribution < 1.29 is 19.4 Å². The average Bonchev–Trinajstić information content (AvgIpc) is 3.11. The molecule has 0 aliphatic heterocycles. The number of benzene rings is 2. The van der Waals surface area contributed by atoms with Gasteiger partial charge in [-0.3, -0.25) is 4.98 Å². The molecule has 2 N–H and O–H groups in total. The van der Waals surface area contributed by atoms with Crippen LogP contribution in [0.15, 0.2) is 67.0 Å². The van der Waals surface area contributed by atoms with Crippen LogP contribution in [0.3, 0.4) is 0 Å². The van der Waals surface area contributed by atoms with Gasteiger partial charge >= 0.3 is 12.1 Å². The van der Waals surface area contributed by atoms with Crippen LogP contribution in [0.5, 0.6) is 0 Å². The van der Waals surface area contributed by atoms with Gasteiger partial charge in [-0.15, -0.1) is 0 Å². The van der Waals surface area contributed by atoms with Gasteiger partial charge in [0, 0.05) is 24.7 Å². The van der Waals surface area contributed by atoms with Gasteiger partial charge in [0.15, 0.2) is 0 Å². The number of carboxylic acids is 1. The summed E-state index contributed by atoms with van der Waals surface area (Å²) in [6.45, 7) is 0.0949. The number of nitrogens with zero attached hydrogens (tertiary/aromatic N) is 2. The summed E-state index contributed by atoms with van der Waals surface area (Å²) in [6, 6.07) is 18.2. The minimum atomic E-state index is -1.20. The van der Waals surface area contributed by atoms with Crippen molar-refractivity contribution in [3.63, 3.8) is 0 Å². The molecule has 3 aromatic rings. The van der Waals surface area contributed by atoms with Gasteiger partial charge < -0.3 is 15.2 Å². The van der Waals surface area contributed by atoms with E-state index in [0.29, 0.717) is 11.1 Å². The maximum Gasteiger partial charge on any atom is 0.407 e. The van der Waals surface area contributed by atoms with E-state index in [-0.39, 0.29) is 18.9 Å². The highest BCUT2D eigenvalue weighted by Gasteiger charge is 2.29. The van der Waals surface area contributed by atoms with Gasteiger partial charge in [-0.25, -0.2) is 9.59 Å². The number of aromatic nitrogens is 1. The molecular formula is C24H19N3O4. The van der Waals surface area contributed by atoms with Crippen molar-refractivity contribution in [2.75, 3.05) is 6.61 Å². The third-order valence-corrected chi connectivity index (χ3v) is 5.30. The lowest BCUT2D eigenvalue weighted by Gasteiger charge is -2.17. The average molecular weight is 413 g/mol. The zero-order chi connectivity index (χ0) is 21.8. The molecule has 7 nitrogen and oxygen atoms in total. The molecule has 154 valence electrons. The van der Waals surface area contributed by atoms with E-state index in [1.807, 2.05) is 54.6 Å². The van der Waals surface area contributed by atoms with Gasteiger partial charge in [-0.2, -0.15) is 5.26 Å². The fraction of sp³-hybridized carbons (Fsp3) is 0.167. The van der Waals surface area contributed by atoms with Gasteiger partial charge in [0.05, 0.1) is 5.56 Å². The van der Waals surface area contributed by atoms with Gasteiger partial charge in [0.1, 0.15) is 18.7 Å². The van der Waals surface area contributed by atoms with E-state index in [1.165, 1.54) is 12.4 Å². The van der Waals surface area contributed by atoms with E-state index in [2.05, 4.69) is 10.3 Å². The first-order chi connectivity index (χ1) is 15.1. The van der Waals surface area contributed by atoms with Crippen molar-refractivity contribution in [1.82, 2.24) is 10.3 Å². The number of ether oxygens (including phenoxy) is 1. The topological polar surface area (TPSA) is 112 Å². The first-order valence-electron chi connectivity index (χ1n) is 9.75. The first-order valence-corrected chi connectivity index (χ1v) is 9.75. The van der Waals surface area contributed by atoms with E-state index in [1.54, 1.807) is 6.07 Å². The molecule has 1 unspecified atom stereocenters. The summed E-state index contributed by atoms with van der Waals surface area (Å²) < 4.78 is 5.42. The molecule has 1 amide bonds. The Kier molecular flexibility index (Phi) is 5.63. The molecule has 0 fully saturated rings. The third-order valence-electron chi connectivity index (χ3n) is 5.30. The molecule has 1 aliphatic rings. The maximum atomic E-state index is 12.4. The molecule has 1 atom stereocenters. The Labute approximate surface area is 178 Å². The zero-order valence-corrected chi connectivity index (χ0v) is 16.5. The standard InChI is InChI=1S/C24H19N3O4/c25-11-16-9-15(12-26-13-16)10-22(23(28)29)27-24(30)31-14-21-19-7-3-1-5-17(19)18-6-2-4-8-20(18)21/h1-9,12-13,21-22H,10,14H2,(H,27,30)(H,28,29). The lowest BCUT2D eigenvalue weighted by Crippen LogP contribution is -2.43. The molecule has 1 aliphatic carbocycles. The van der Waals surface area contributed by atoms with Gasteiger partial charge in [-0.1, -0.05) is 48.5 Å². The molecule has 4 rings (SSSR count). The lowest BCUT2D eigenvalue weighted by molar-refractivity contribution is -0.139. The Morgan fingerprint density at radius 1 is 1.10 bits per heavy atom. The van der Waals surface area contributed by atoms with Gasteiger partial charge in [0.25, 0.3) is 0 Å². The number of amides is 1. The Bertz CT molecular complexity index is 1140. The van der Waals surface area contributed by atoms with Crippen LogP contribution in [0.1, 0.15) is 28.2 Å². The number of fused-ring (bicyclic) bond motifs is 3. The molecule has 0 spiro atoms. The van der Waals surface area contributed by atoms with Crippen molar-refractivity contribution in [2.24, 2.45) is 0 Å².